The first-order chi connectivity index (χ1) is 7.60. The number of nitrogens with one attached hydrogen (secondary N) is 2. The summed E-state index contributed by atoms with van der Waals surface area (Å²) in [5.41, 5.74) is 0. The number of nitriles is 1. The number of amides is 1. The summed E-state index contributed by atoms with van der Waals surface area (Å²) in [5.74, 6) is 0.0488. The molecule has 0 saturated carbocycles. The second-order valence-electron chi connectivity index (χ2n) is 4.25. The smallest absolute Gasteiger partial charge is 0.220 e. The number of hydrogen-bond acceptors (Lipinski definition) is 3. The van der Waals surface area contributed by atoms with Gasteiger partial charge in [0.25, 0.3) is 0 Å². The molecule has 0 aromatic heterocycles. The predicted octanol–water partition coefficient (Wildman–Crippen LogP) is 1.57. The van der Waals surface area contributed by atoms with Gasteiger partial charge in [0, 0.05) is 18.5 Å². The SMILES string of the molecule is CCC(CC#N)NC(=O)CCCNC(C)C. The molecule has 2 N–H and O–H groups in total. The molecule has 16 heavy (non-hydrogen) atoms. The molecule has 0 aliphatic rings. The molecule has 0 rings (SSSR count). The zero-order valence-electron chi connectivity index (χ0n) is 10.5. The lowest BCUT2D eigenvalue weighted by Crippen LogP contribution is -2.34. The van der Waals surface area contributed by atoms with Gasteiger partial charge in [-0.2, -0.15) is 5.26 Å². The second kappa shape index (κ2) is 9.17. The van der Waals surface area contributed by atoms with Gasteiger partial charge in [0.1, 0.15) is 0 Å². The molecule has 1 unspecified atom stereocenters. The second-order valence-corrected chi connectivity index (χ2v) is 4.25. The molecule has 0 aromatic rings. The highest BCUT2D eigenvalue weighted by molar-refractivity contribution is 5.76. The van der Waals surface area contributed by atoms with Crippen LogP contribution in [0.3, 0.4) is 0 Å². The fourth-order valence-electron chi connectivity index (χ4n) is 1.35. The fraction of sp³-hybridized carbons (Fsp3) is 0.833. The Bertz CT molecular complexity index is 233. The Kier molecular flexibility index (Phi) is 8.55. The van der Waals surface area contributed by atoms with Crippen LogP contribution in [-0.2, 0) is 4.79 Å². The molecule has 0 aliphatic carbocycles. The van der Waals surface area contributed by atoms with E-state index >= 15 is 0 Å². The van der Waals surface area contributed by atoms with Gasteiger partial charge in [0.2, 0.25) is 5.91 Å². The lowest BCUT2D eigenvalue weighted by molar-refractivity contribution is -0.121. The molecule has 0 bridgehead atoms. The Morgan fingerprint density at radius 1 is 1.44 bits per heavy atom. The minimum Gasteiger partial charge on any atom is -0.352 e. The van der Waals surface area contributed by atoms with Crippen LogP contribution in [0.15, 0.2) is 0 Å². The minimum atomic E-state index is 0.00978. The van der Waals surface area contributed by atoms with Crippen LogP contribution < -0.4 is 10.6 Å². The van der Waals surface area contributed by atoms with Gasteiger partial charge in [-0.25, -0.2) is 0 Å². The third kappa shape index (κ3) is 8.25. The van der Waals surface area contributed by atoms with E-state index in [2.05, 4.69) is 30.6 Å². The van der Waals surface area contributed by atoms with E-state index in [1.807, 2.05) is 6.92 Å². The van der Waals surface area contributed by atoms with Crippen LogP contribution in [0.4, 0.5) is 0 Å². The number of carbonyl (C=O) groups excluding carboxylic acids is 1. The van der Waals surface area contributed by atoms with Gasteiger partial charge in [-0.1, -0.05) is 20.8 Å². The minimum absolute atomic E-state index is 0.00978. The largest absolute Gasteiger partial charge is 0.352 e. The molecule has 0 aliphatic heterocycles. The Morgan fingerprint density at radius 3 is 2.62 bits per heavy atom. The van der Waals surface area contributed by atoms with Gasteiger partial charge in [-0.3, -0.25) is 4.79 Å². The van der Waals surface area contributed by atoms with Crippen LogP contribution in [0.5, 0.6) is 0 Å². The summed E-state index contributed by atoms with van der Waals surface area (Å²) in [5, 5.41) is 14.7. The summed E-state index contributed by atoms with van der Waals surface area (Å²) in [7, 11) is 0. The first kappa shape index (κ1) is 14.9. The van der Waals surface area contributed by atoms with Crippen molar-refractivity contribution in [3.63, 3.8) is 0 Å². The summed E-state index contributed by atoms with van der Waals surface area (Å²) in [4.78, 5) is 11.5. The van der Waals surface area contributed by atoms with Gasteiger partial charge >= 0.3 is 0 Å². The van der Waals surface area contributed by atoms with E-state index < -0.39 is 0 Å². The molecule has 0 fully saturated rings. The summed E-state index contributed by atoms with van der Waals surface area (Å²) < 4.78 is 0. The third-order valence-corrected chi connectivity index (χ3v) is 2.33. The van der Waals surface area contributed by atoms with E-state index in [0.29, 0.717) is 18.9 Å². The van der Waals surface area contributed by atoms with E-state index in [9.17, 15) is 4.79 Å². The fourth-order valence-corrected chi connectivity index (χ4v) is 1.35. The maximum absolute atomic E-state index is 11.5. The number of rotatable bonds is 8. The summed E-state index contributed by atoms with van der Waals surface area (Å²) in [6, 6.07) is 2.55. The molecule has 0 spiro atoms. The monoisotopic (exact) mass is 225 g/mol. The van der Waals surface area contributed by atoms with E-state index in [1.54, 1.807) is 0 Å². The van der Waals surface area contributed by atoms with Gasteiger partial charge < -0.3 is 10.6 Å². The van der Waals surface area contributed by atoms with E-state index in [0.717, 1.165) is 19.4 Å². The number of carbonyl (C=O) groups is 1. The molecule has 0 saturated heterocycles. The van der Waals surface area contributed by atoms with Crippen molar-refractivity contribution in [2.24, 2.45) is 0 Å². The predicted molar refractivity (Wildman–Crippen MR) is 64.8 cm³/mol. The zero-order valence-corrected chi connectivity index (χ0v) is 10.5. The maximum atomic E-state index is 11.5. The molecule has 0 aromatic carbocycles. The Hall–Kier alpha value is -1.08. The molecule has 92 valence electrons. The van der Waals surface area contributed by atoms with Crippen LogP contribution in [-0.4, -0.2) is 24.5 Å². The van der Waals surface area contributed by atoms with Crippen molar-refractivity contribution in [3.8, 4) is 6.07 Å². The number of nitrogens with zero attached hydrogens (tertiary/aromatic N) is 1. The summed E-state index contributed by atoms with van der Waals surface area (Å²) in [6.45, 7) is 7.00. The normalized spacial score (nSPS) is 12.2. The Balaban J connectivity index is 3.61. The highest BCUT2D eigenvalue weighted by Crippen LogP contribution is 1.98. The Morgan fingerprint density at radius 2 is 2.12 bits per heavy atom. The first-order valence-electron chi connectivity index (χ1n) is 5.99. The molecular formula is C12H23N3O. The molecule has 0 heterocycles. The van der Waals surface area contributed by atoms with Crippen molar-refractivity contribution in [1.82, 2.24) is 10.6 Å². The van der Waals surface area contributed by atoms with Crippen molar-refractivity contribution in [2.45, 2.75) is 58.5 Å². The van der Waals surface area contributed by atoms with Crippen molar-refractivity contribution in [2.75, 3.05) is 6.54 Å². The quantitative estimate of drug-likeness (QED) is 0.616. The average Bonchev–Trinajstić information content (AvgIpc) is 2.23. The van der Waals surface area contributed by atoms with Crippen molar-refractivity contribution in [3.05, 3.63) is 0 Å². The molecule has 0 radical (unpaired) electrons. The van der Waals surface area contributed by atoms with Crippen LogP contribution in [0.25, 0.3) is 0 Å². The summed E-state index contributed by atoms with van der Waals surface area (Å²) >= 11 is 0. The lowest BCUT2D eigenvalue weighted by Gasteiger charge is -2.13. The Labute approximate surface area is 98.4 Å². The van der Waals surface area contributed by atoms with E-state index in [4.69, 9.17) is 5.26 Å². The van der Waals surface area contributed by atoms with Crippen LogP contribution in [0.1, 0.15) is 46.5 Å². The van der Waals surface area contributed by atoms with E-state index in [1.165, 1.54) is 0 Å². The molecule has 1 amide bonds. The van der Waals surface area contributed by atoms with Gasteiger partial charge in [-0.05, 0) is 19.4 Å². The van der Waals surface area contributed by atoms with Crippen LogP contribution >= 0.6 is 0 Å². The standard InChI is InChI=1S/C12H23N3O/c1-4-11(7-8-13)15-12(16)6-5-9-14-10(2)3/h10-11,14H,4-7,9H2,1-3H3,(H,15,16). The molecular weight excluding hydrogens is 202 g/mol. The highest BCUT2D eigenvalue weighted by atomic mass is 16.1. The number of hydrogen-bond donors (Lipinski definition) is 2. The van der Waals surface area contributed by atoms with E-state index in [-0.39, 0.29) is 11.9 Å². The summed E-state index contributed by atoms with van der Waals surface area (Å²) in [6.07, 6.45) is 2.57. The lowest BCUT2D eigenvalue weighted by atomic mass is 10.1. The first-order valence-corrected chi connectivity index (χ1v) is 5.99. The average molecular weight is 225 g/mol. The van der Waals surface area contributed by atoms with Crippen molar-refractivity contribution >= 4 is 5.91 Å². The van der Waals surface area contributed by atoms with Gasteiger partial charge in [0.15, 0.2) is 0 Å². The maximum Gasteiger partial charge on any atom is 0.220 e. The van der Waals surface area contributed by atoms with Crippen molar-refractivity contribution in [1.29, 1.82) is 5.26 Å². The van der Waals surface area contributed by atoms with Crippen molar-refractivity contribution < 1.29 is 4.79 Å². The van der Waals surface area contributed by atoms with Crippen LogP contribution in [0, 0.1) is 11.3 Å². The molecule has 4 heteroatoms. The molecule has 1 atom stereocenters. The zero-order chi connectivity index (χ0) is 12.4. The van der Waals surface area contributed by atoms with Gasteiger partial charge in [-0.15, -0.1) is 0 Å². The van der Waals surface area contributed by atoms with Crippen LogP contribution in [0.2, 0.25) is 0 Å². The molecule has 4 nitrogen and oxygen atoms in total. The third-order valence-electron chi connectivity index (χ3n) is 2.33. The topological polar surface area (TPSA) is 64.9 Å². The highest BCUT2D eigenvalue weighted by Gasteiger charge is 2.09. The van der Waals surface area contributed by atoms with Gasteiger partial charge in [0.05, 0.1) is 12.5 Å².